The summed E-state index contributed by atoms with van der Waals surface area (Å²) in [5.41, 5.74) is 1.89. The lowest BCUT2D eigenvalue weighted by Crippen LogP contribution is -2.26. The predicted octanol–water partition coefficient (Wildman–Crippen LogP) is 5.30. The van der Waals surface area contributed by atoms with Crippen LogP contribution in [-0.2, 0) is 4.79 Å². The van der Waals surface area contributed by atoms with E-state index >= 15 is 0 Å². The highest BCUT2D eigenvalue weighted by atomic mass is 32.2. The molecule has 0 fully saturated rings. The van der Waals surface area contributed by atoms with Crippen LogP contribution in [0.25, 0.3) is 0 Å². The quantitative estimate of drug-likeness (QED) is 0.501. The number of carbonyl (C=O) groups is 2. The lowest BCUT2D eigenvalue weighted by molar-refractivity contribution is -0.115. The van der Waals surface area contributed by atoms with Crippen molar-refractivity contribution in [3.8, 4) is 0 Å². The van der Waals surface area contributed by atoms with E-state index in [9.17, 15) is 9.59 Å². The number of hydrogen-bond acceptors (Lipinski definition) is 3. The van der Waals surface area contributed by atoms with Crippen LogP contribution in [0, 0.1) is 0 Å². The maximum Gasteiger partial charge on any atom is 0.253 e. The van der Waals surface area contributed by atoms with Gasteiger partial charge in [0.2, 0.25) is 5.91 Å². The Kier molecular flexibility index (Phi) is 7.47. The third kappa shape index (κ3) is 5.72. The average Bonchev–Trinajstić information content (AvgIpc) is 2.77. The zero-order chi connectivity index (χ0) is 20.5. The third-order valence-corrected chi connectivity index (χ3v) is 5.57. The van der Waals surface area contributed by atoms with Gasteiger partial charge in [-0.3, -0.25) is 9.59 Å². The summed E-state index contributed by atoms with van der Waals surface area (Å²) < 4.78 is 0. The minimum atomic E-state index is -0.439. The molecule has 5 heteroatoms. The molecule has 4 nitrogen and oxygen atoms in total. The predicted molar refractivity (Wildman–Crippen MR) is 119 cm³/mol. The fourth-order valence-electron chi connectivity index (χ4n) is 2.86. The Labute approximate surface area is 175 Å². The van der Waals surface area contributed by atoms with Gasteiger partial charge in [-0.2, -0.15) is 0 Å². The summed E-state index contributed by atoms with van der Waals surface area (Å²) in [6.45, 7) is 2.59. The number of rotatable bonds is 8. The van der Waals surface area contributed by atoms with Gasteiger partial charge in [-0.25, -0.2) is 0 Å². The van der Waals surface area contributed by atoms with Gasteiger partial charge in [0, 0.05) is 11.4 Å². The Balaban J connectivity index is 1.85. The zero-order valence-corrected chi connectivity index (χ0v) is 17.1. The van der Waals surface area contributed by atoms with Crippen molar-refractivity contribution >= 4 is 29.3 Å². The summed E-state index contributed by atoms with van der Waals surface area (Å²) in [6, 6.07) is 26.6. The Hall–Kier alpha value is -3.05. The zero-order valence-electron chi connectivity index (χ0n) is 16.3. The maximum atomic E-state index is 13.2. The molecule has 1 unspecified atom stereocenters. The molecule has 0 saturated heterocycles. The summed E-state index contributed by atoms with van der Waals surface area (Å²) in [4.78, 5) is 26.7. The van der Waals surface area contributed by atoms with E-state index in [1.807, 2.05) is 73.7 Å². The van der Waals surface area contributed by atoms with E-state index < -0.39 is 5.25 Å². The number of carbonyl (C=O) groups excluding carboxylic acids is 2. The van der Waals surface area contributed by atoms with Crippen molar-refractivity contribution in [2.45, 2.75) is 23.5 Å². The molecule has 3 aromatic carbocycles. The van der Waals surface area contributed by atoms with E-state index in [2.05, 4.69) is 10.6 Å². The first-order valence-electron chi connectivity index (χ1n) is 9.63. The molecule has 0 aliphatic carbocycles. The number of anilines is 1. The first kappa shape index (κ1) is 20.7. The molecule has 148 valence electrons. The third-order valence-electron chi connectivity index (χ3n) is 4.30. The van der Waals surface area contributed by atoms with Crippen LogP contribution in [-0.4, -0.2) is 18.4 Å². The van der Waals surface area contributed by atoms with E-state index in [4.69, 9.17) is 0 Å². The van der Waals surface area contributed by atoms with Crippen LogP contribution in [0.15, 0.2) is 89.8 Å². The van der Waals surface area contributed by atoms with Crippen molar-refractivity contribution in [3.63, 3.8) is 0 Å². The van der Waals surface area contributed by atoms with E-state index in [0.717, 1.165) is 16.9 Å². The molecule has 0 aliphatic rings. The molecule has 1 atom stereocenters. The smallest absolute Gasteiger partial charge is 0.253 e. The first-order chi connectivity index (χ1) is 14.2. The van der Waals surface area contributed by atoms with E-state index in [1.54, 1.807) is 18.2 Å². The highest BCUT2D eigenvalue weighted by Crippen LogP contribution is 2.36. The minimum absolute atomic E-state index is 0.166. The Morgan fingerprint density at radius 3 is 2.17 bits per heavy atom. The highest BCUT2D eigenvalue weighted by molar-refractivity contribution is 8.00. The Morgan fingerprint density at radius 1 is 0.862 bits per heavy atom. The molecular weight excluding hydrogens is 380 g/mol. The standard InChI is InChI=1S/C24H24N2O2S/c1-2-17-25-23(27)20-15-9-10-16-21(20)26-24(28)22(18-11-5-3-6-12-18)29-19-13-7-4-8-14-19/h3-16,22H,2,17H2,1H3,(H,25,27)(H,26,28). The number of nitrogens with one attached hydrogen (secondary N) is 2. The Bertz CT molecular complexity index is 945. The second kappa shape index (κ2) is 10.5. The monoisotopic (exact) mass is 404 g/mol. The molecule has 0 bridgehead atoms. The van der Waals surface area contributed by atoms with Gasteiger partial charge >= 0.3 is 0 Å². The summed E-state index contributed by atoms with van der Waals surface area (Å²) in [6.07, 6.45) is 0.851. The van der Waals surface area contributed by atoms with Crippen molar-refractivity contribution in [2.75, 3.05) is 11.9 Å². The van der Waals surface area contributed by atoms with Crippen LogP contribution >= 0.6 is 11.8 Å². The van der Waals surface area contributed by atoms with Crippen molar-refractivity contribution < 1.29 is 9.59 Å². The molecule has 0 radical (unpaired) electrons. The molecule has 0 aliphatic heterocycles. The van der Waals surface area contributed by atoms with Crippen molar-refractivity contribution in [1.82, 2.24) is 5.32 Å². The van der Waals surface area contributed by atoms with Gasteiger partial charge in [0.15, 0.2) is 0 Å². The van der Waals surface area contributed by atoms with Crippen molar-refractivity contribution in [1.29, 1.82) is 0 Å². The molecule has 0 spiro atoms. The fraction of sp³-hybridized carbons (Fsp3) is 0.167. The maximum absolute atomic E-state index is 13.2. The normalized spacial score (nSPS) is 11.5. The number of para-hydroxylation sites is 1. The molecule has 29 heavy (non-hydrogen) atoms. The number of hydrogen-bond donors (Lipinski definition) is 2. The SMILES string of the molecule is CCCNC(=O)c1ccccc1NC(=O)C(Sc1ccccc1)c1ccccc1. The Morgan fingerprint density at radius 2 is 1.48 bits per heavy atom. The summed E-state index contributed by atoms with van der Waals surface area (Å²) in [5, 5.41) is 5.39. The molecule has 3 rings (SSSR count). The van der Waals surface area contributed by atoms with E-state index in [0.29, 0.717) is 17.8 Å². The van der Waals surface area contributed by atoms with Crippen LogP contribution in [0.4, 0.5) is 5.69 Å². The second-order valence-electron chi connectivity index (χ2n) is 6.51. The summed E-state index contributed by atoms with van der Waals surface area (Å²) in [5.74, 6) is -0.351. The van der Waals surface area contributed by atoms with Gasteiger partial charge in [-0.05, 0) is 36.2 Å². The largest absolute Gasteiger partial charge is 0.352 e. The fourth-order valence-corrected chi connectivity index (χ4v) is 3.90. The molecule has 0 saturated carbocycles. The lowest BCUT2D eigenvalue weighted by Gasteiger charge is -2.18. The minimum Gasteiger partial charge on any atom is -0.352 e. The molecule has 2 amide bonds. The van der Waals surface area contributed by atoms with E-state index in [1.165, 1.54) is 11.8 Å². The number of amides is 2. The van der Waals surface area contributed by atoms with Gasteiger partial charge in [-0.1, -0.05) is 67.6 Å². The molecule has 0 heterocycles. The lowest BCUT2D eigenvalue weighted by atomic mass is 10.1. The second-order valence-corrected chi connectivity index (χ2v) is 7.69. The van der Waals surface area contributed by atoms with Crippen molar-refractivity contribution in [3.05, 3.63) is 96.1 Å². The van der Waals surface area contributed by atoms with Gasteiger partial charge in [-0.15, -0.1) is 11.8 Å². The first-order valence-corrected chi connectivity index (χ1v) is 10.5. The molecule has 2 N–H and O–H groups in total. The van der Waals surface area contributed by atoms with Crippen LogP contribution in [0.3, 0.4) is 0 Å². The summed E-state index contributed by atoms with van der Waals surface area (Å²) in [7, 11) is 0. The number of thioether (sulfide) groups is 1. The van der Waals surface area contributed by atoms with Crippen LogP contribution in [0.1, 0.15) is 34.5 Å². The van der Waals surface area contributed by atoms with Crippen LogP contribution < -0.4 is 10.6 Å². The molecule has 3 aromatic rings. The topological polar surface area (TPSA) is 58.2 Å². The van der Waals surface area contributed by atoms with Gasteiger partial charge in [0.25, 0.3) is 5.91 Å². The van der Waals surface area contributed by atoms with Gasteiger partial charge in [0.1, 0.15) is 5.25 Å². The number of benzene rings is 3. The van der Waals surface area contributed by atoms with Crippen LogP contribution in [0.2, 0.25) is 0 Å². The van der Waals surface area contributed by atoms with Crippen LogP contribution in [0.5, 0.6) is 0 Å². The summed E-state index contributed by atoms with van der Waals surface area (Å²) >= 11 is 1.48. The molecule has 0 aromatic heterocycles. The van der Waals surface area contributed by atoms with E-state index in [-0.39, 0.29) is 11.8 Å². The van der Waals surface area contributed by atoms with Crippen molar-refractivity contribution in [2.24, 2.45) is 0 Å². The average molecular weight is 405 g/mol. The highest BCUT2D eigenvalue weighted by Gasteiger charge is 2.23. The van der Waals surface area contributed by atoms with Gasteiger partial charge in [0.05, 0.1) is 11.3 Å². The molecular formula is C24H24N2O2S. The van der Waals surface area contributed by atoms with Gasteiger partial charge < -0.3 is 10.6 Å².